The average Bonchev–Trinajstić information content (AvgIpc) is 3.12. The molecule has 2 nitrogen and oxygen atoms in total. The molecule has 0 saturated heterocycles. The third kappa shape index (κ3) is 2.12. The first-order valence-corrected chi connectivity index (χ1v) is 9.55. The van der Waals surface area contributed by atoms with Gasteiger partial charge in [-0.1, -0.05) is 78.9 Å². The van der Waals surface area contributed by atoms with E-state index in [4.69, 9.17) is 0 Å². The van der Waals surface area contributed by atoms with Gasteiger partial charge in [-0.15, -0.1) is 0 Å². The Morgan fingerprint density at radius 2 is 1.36 bits per heavy atom. The minimum atomic E-state index is -0.0341. The molecule has 0 atom stereocenters. The molecule has 6 rings (SSSR count). The van der Waals surface area contributed by atoms with Gasteiger partial charge in [0.15, 0.2) is 0 Å². The molecule has 0 aliphatic heterocycles. The normalized spacial score (nSPS) is 12.3. The number of benzene rings is 4. The first-order chi connectivity index (χ1) is 13.8. The van der Waals surface area contributed by atoms with Crippen molar-refractivity contribution in [2.45, 2.75) is 6.42 Å². The van der Waals surface area contributed by atoms with Crippen molar-refractivity contribution < 1.29 is 0 Å². The molecule has 0 spiro atoms. The number of hydrogen-bond donors (Lipinski definition) is 1. The number of rotatable bonds is 1. The Bertz CT molecular complexity index is 1460. The van der Waals surface area contributed by atoms with E-state index >= 15 is 0 Å². The summed E-state index contributed by atoms with van der Waals surface area (Å²) in [5.41, 5.74) is 7.74. The number of aromatic nitrogens is 1. The third-order valence-electron chi connectivity index (χ3n) is 5.89. The van der Waals surface area contributed by atoms with Crippen LogP contribution < -0.4 is 5.56 Å². The Morgan fingerprint density at radius 3 is 2.29 bits per heavy atom. The van der Waals surface area contributed by atoms with Gasteiger partial charge >= 0.3 is 0 Å². The van der Waals surface area contributed by atoms with Crippen molar-refractivity contribution in [2.75, 3.05) is 0 Å². The largest absolute Gasteiger partial charge is 0.321 e. The fourth-order valence-electron chi connectivity index (χ4n) is 4.56. The van der Waals surface area contributed by atoms with E-state index in [0.717, 1.165) is 39.2 Å². The molecule has 1 aromatic heterocycles. The van der Waals surface area contributed by atoms with Gasteiger partial charge in [-0.3, -0.25) is 4.79 Å². The minimum Gasteiger partial charge on any atom is -0.321 e. The zero-order chi connectivity index (χ0) is 18.7. The van der Waals surface area contributed by atoms with Crippen LogP contribution in [0.2, 0.25) is 0 Å². The zero-order valence-electron chi connectivity index (χ0n) is 15.2. The molecule has 1 aliphatic rings. The molecule has 2 heteroatoms. The number of aromatic amines is 1. The van der Waals surface area contributed by atoms with Crippen molar-refractivity contribution in [3.63, 3.8) is 0 Å². The van der Waals surface area contributed by atoms with E-state index < -0.39 is 0 Å². The topological polar surface area (TPSA) is 32.9 Å². The van der Waals surface area contributed by atoms with E-state index in [1.54, 1.807) is 0 Å². The number of H-pyrrole nitrogens is 1. The summed E-state index contributed by atoms with van der Waals surface area (Å²) < 4.78 is 0. The fraction of sp³-hybridized carbons (Fsp3) is 0.0385. The van der Waals surface area contributed by atoms with E-state index in [2.05, 4.69) is 71.7 Å². The summed E-state index contributed by atoms with van der Waals surface area (Å²) >= 11 is 0. The van der Waals surface area contributed by atoms with Crippen LogP contribution >= 0.6 is 0 Å². The first-order valence-electron chi connectivity index (χ1n) is 9.55. The highest BCUT2D eigenvalue weighted by Crippen LogP contribution is 2.41. The molecule has 0 amide bonds. The highest BCUT2D eigenvalue weighted by atomic mass is 16.1. The van der Waals surface area contributed by atoms with Gasteiger partial charge in [0.05, 0.1) is 5.52 Å². The smallest absolute Gasteiger partial charge is 0.256 e. The lowest BCUT2D eigenvalue weighted by Crippen LogP contribution is -2.10. The molecular weight excluding hydrogens is 342 g/mol. The zero-order valence-corrected chi connectivity index (χ0v) is 15.2. The Hall–Kier alpha value is -3.65. The van der Waals surface area contributed by atoms with Crippen LogP contribution in [-0.2, 0) is 6.42 Å². The maximum atomic E-state index is 13.1. The standard InChI is InChI=1S/C26H17NO/c28-26-24(15-18-13-12-16-6-1-4-9-20(16)25(18)27-26)22-11-5-10-21-19-8-3-2-7-17(19)14-23(21)22/h1-13,15H,14H2,(H,27,28). The van der Waals surface area contributed by atoms with Gasteiger partial charge in [-0.05, 0) is 51.1 Å². The summed E-state index contributed by atoms with van der Waals surface area (Å²) in [4.78, 5) is 16.3. The van der Waals surface area contributed by atoms with E-state index in [9.17, 15) is 4.79 Å². The second kappa shape index (κ2) is 5.67. The average molecular weight is 359 g/mol. The molecule has 28 heavy (non-hydrogen) atoms. The molecule has 0 saturated carbocycles. The summed E-state index contributed by atoms with van der Waals surface area (Å²) in [5.74, 6) is 0. The van der Waals surface area contributed by atoms with Crippen LogP contribution in [0.1, 0.15) is 11.1 Å². The lowest BCUT2D eigenvalue weighted by atomic mass is 9.95. The molecule has 1 N–H and O–H groups in total. The molecule has 1 heterocycles. The lowest BCUT2D eigenvalue weighted by Gasteiger charge is -2.10. The molecule has 132 valence electrons. The van der Waals surface area contributed by atoms with Crippen LogP contribution in [0, 0.1) is 0 Å². The molecule has 0 radical (unpaired) electrons. The summed E-state index contributed by atoms with van der Waals surface area (Å²) in [6.07, 6.45) is 0.872. The Balaban J connectivity index is 1.62. The van der Waals surface area contributed by atoms with Gasteiger partial charge in [0.25, 0.3) is 5.56 Å². The number of nitrogens with one attached hydrogen (secondary N) is 1. The Morgan fingerprint density at radius 1 is 0.643 bits per heavy atom. The van der Waals surface area contributed by atoms with Gasteiger partial charge in [-0.25, -0.2) is 0 Å². The highest BCUT2D eigenvalue weighted by molar-refractivity contribution is 6.06. The fourth-order valence-corrected chi connectivity index (χ4v) is 4.56. The SMILES string of the molecule is O=c1[nH]c2c(ccc3ccccc32)cc1-c1cccc2c1Cc1ccccc1-2. The van der Waals surface area contributed by atoms with Gasteiger partial charge in [0, 0.05) is 10.9 Å². The second-order valence-corrected chi connectivity index (χ2v) is 7.43. The van der Waals surface area contributed by atoms with Crippen LogP contribution in [-0.4, -0.2) is 4.98 Å². The summed E-state index contributed by atoms with van der Waals surface area (Å²) in [6, 6.07) is 29.2. The van der Waals surface area contributed by atoms with Gasteiger partial charge in [0.1, 0.15) is 0 Å². The molecule has 0 unspecified atom stereocenters. The number of hydrogen-bond acceptors (Lipinski definition) is 1. The van der Waals surface area contributed by atoms with Crippen LogP contribution in [0.3, 0.4) is 0 Å². The first kappa shape index (κ1) is 15.4. The molecule has 0 bridgehead atoms. The van der Waals surface area contributed by atoms with E-state index in [1.807, 2.05) is 18.2 Å². The van der Waals surface area contributed by atoms with E-state index in [1.165, 1.54) is 22.3 Å². The predicted octanol–water partition coefficient (Wildman–Crippen LogP) is 5.92. The van der Waals surface area contributed by atoms with Crippen molar-refractivity contribution in [2.24, 2.45) is 0 Å². The molecule has 5 aromatic rings. The van der Waals surface area contributed by atoms with E-state index in [0.29, 0.717) is 0 Å². The van der Waals surface area contributed by atoms with Gasteiger partial charge < -0.3 is 4.98 Å². The van der Waals surface area contributed by atoms with Crippen molar-refractivity contribution in [3.8, 4) is 22.3 Å². The summed E-state index contributed by atoms with van der Waals surface area (Å²) in [7, 11) is 0. The quantitative estimate of drug-likeness (QED) is 0.363. The molecular formula is C26H17NO. The van der Waals surface area contributed by atoms with Gasteiger partial charge in [-0.2, -0.15) is 0 Å². The highest BCUT2D eigenvalue weighted by Gasteiger charge is 2.22. The number of fused-ring (bicyclic) bond motifs is 6. The summed E-state index contributed by atoms with van der Waals surface area (Å²) in [6.45, 7) is 0. The maximum absolute atomic E-state index is 13.1. The van der Waals surface area contributed by atoms with Crippen LogP contribution in [0.4, 0.5) is 0 Å². The van der Waals surface area contributed by atoms with Crippen LogP contribution in [0.15, 0.2) is 89.7 Å². The third-order valence-corrected chi connectivity index (χ3v) is 5.89. The van der Waals surface area contributed by atoms with Gasteiger partial charge in [0.2, 0.25) is 0 Å². The number of pyridine rings is 1. The second-order valence-electron chi connectivity index (χ2n) is 7.43. The Labute approximate surface area is 162 Å². The monoisotopic (exact) mass is 359 g/mol. The maximum Gasteiger partial charge on any atom is 0.256 e. The molecule has 0 fully saturated rings. The van der Waals surface area contributed by atoms with E-state index in [-0.39, 0.29) is 5.56 Å². The van der Waals surface area contributed by atoms with Crippen LogP contribution in [0.5, 0.6) is 0 Å². The predicted molar refractivity (Wildman–Crippen MR) is 116 cm³/mol. The summed E-state index contributed by atoms with van der Waals surface area (Å²) in [5, 5.41) is 3.27. The van der Waals surface area contributed by atoms with Crippen LogP contribution in [0.25, 0.3) is 43.9 Å². The Kier molecular flexibility index (Phi) is 3.12. The lowest BCUT2D eigenvalue weighted by molar-refractivity contribution is 1.25. The van der Waals surface area contributed by atoms with Crippen molar-refractivity contribution in [3.05, 3.63) is 106 Å². The van der Waals surface area contributed by atoms with Crippen molar-refractivity contribution in [1.82, 2.24) is 4.98 Å². The molecule has 1 aliphatic carbocycles. The molecule has 4 aromatic carbocycles. The van der Waals surface area contributed by atoms with Crippen molar-refractivity contribution in [1.29, 1.82) is 0 Å². The van der Waals surface area contributed by atoms with Crippen molar-refractivity contribution >= 4 is 21.7 Å². The minimum absolute atomic E-state index is 0.0341.